The Morgan fingerprint density at radius 3 is 2.33 bits per heavy atom. The third-order valence-corrected chi connectivity index (χ3v) is 5.88. The van der Waals surface area contributed by atoms with Gasteiger partial charge in [0.25, 0.3) is 10.0 Å². The van der Waals surface area contributed by atoms with Crippen LogP contribution in [0.5, 0.6) is 0 Å². The van der Waals surface area contributed by atoms with Gasteiger partial charge in [0.05, 0.1) is 26.3 Å². The summed E-state index contributed by atoms with van der Waals surface area (Å²) in [4.78, 5) is 0.0433. The number of halogens is 3. The maximum atomic E-state index is 12.6. The summed E-state index contributed by atoms with van der Waals surface area (Å²) >= 11 is 15.0. The molecule has 0 atom stereocenters. The van der Waals surface area contributed by atoms with Gasteiger partial charge in [-0.15, -0.1) is 0 Å². The lowest BCUT2D eigenvalue weighted by Gasteiger charge is -2.21. The van der Waals surface area contributed by atoms with Crippen LogP contribution in [-0.2, 0) is 10.0 Å². The van der Waals surface area contributed by atoms with E-state index in [2.05, 4.69) is 15.9 Å². The SMILES string of the molecule is CN(c1ccc(Br)cc1N)S(=O)(=O)c1ccc(Cl)c(Cl)c1. The highest BCUT2D eigenvalue weighted by Gasteiger charge is 2.23. The van der Waals surface area contributed by atoms with Crippen LogP contribution in [0.1, 0.15) is 0 Å². The van der Waals surface area contributed by atoms with Crippen LogP contribution in [0.2, 0.25) is 10.0 Å². The number of anilines is 2. The van der Waals surface area contributed by atoms with Crippen molar-refractivity contribution in [3.63, 3.8) is 0 Å². The number of nitrogens with zero attached hydrogens (tertiary/aromatic N) is 1. The molecule has 0 saturated carbocycles. The van der Waals surface area contributed by atoms with Gasteiger partial charge in [0, 0.05) is 11.5 Å². The standard InChI is InChI=1S/C13H11BrCl2N2O2S/c1-18(13-5-2-8(14)6-12(13)17)21(19,20)9-3-4-10(15)11(16)7-9/h2-7H,17H2,1H3. The predicted molar refractivity (Wildman–Crippen MR) is 90.6 cm³/mol. The molecular formula is C13H11BrCl2N2O2S. The van der Waals surface area contributed by atoms with Gasteiger partial charge in [-0.25, -0.2) is 8.42 Å². The first kappa shape index (κ1) is 16.4. The second-order valence-corrected chi connectivity index (χ2v) is 7.95. The van der Waals surface area contributed by atoms with E-state index in [4.69, 9.17) is 28.9 Å². The lowest BCUT2D eigenvalue weighted by molar-refractivity contribution is 0.594. The van der Waals surface area contributed by atoms with Crippen molar-refractivity contribution >= 4 is 60.5 Å². The zero-order valence-electron chi connectivity index (χ0n) is 10.8. The number of rotatable bonds is 3. The molecule has 112 valence electrons. The van der Waals surface area contributed by atoms with Crippen LogP contribution in [0.25, 0.3) is 0 Å². The molecule has 0 aliphatic heterocycles. The molecule has 0 spiro atoms. The molecule has 0 heterocycles. The Balaban J connectivity index is 2.49. The maximum Gasteiger partial charge on any atom is 0.264 e. The Hall–Kier alpha value is -0.950. The number of nitrogens with two attached hydrogens (primary N) is 1. The number of hydrogen-bond donors (Lipinski definition) is 1. The van der Waals surface area contributed by atoms with E-state index in [-0.39, 0.29) is 9.92 Å². The Kier molecular flexibility index (Phi) is 4.72. The third-order valence-electron chi connectivity index (χ3n) is 2.88. The van der Waals surface area contributed by atoms with Crippen LogP contribution in [0, 0.1) is 0 Å². The van der Waals surface area contributed by atoms with Gasteiger partial charge in [-0.2, -0.15) is 0 Å². The zero-order valence-corrected chi connectivity index (χ0v) is 14.8. The predicted octanol–water partition coefficient (Wildman–Crippen LogP) is 4.16. The van der Waals surface area contributed by atoms with E-state index in [9.17, 15) is 8.42 Å². The molecule has 2 rings (SSSR count). The van der Waals surface area contributed by atoms with Crippen LogP contribution in [0.15, 0.2) is 45.8 Å². The minimum absolute atomic E-state index is 0.0433. The highest BCUT2D eigenvalue weighted by Crippen LogP contribution is 2.31. The second kappa shape index (κ2) is 6.04. The zero-order chi connectivity index (χ0) is 15.8. The number of sulfonamides is 1. The van der Waals surface area contributed by atoms with Crippen molar-refractivity contribution < 1.29 is 8.42 Å². The van der Waals surface area contributed by atoms with Crippen molar-refractivity contribution in [2.24, 2.45) is 0 Å². The van der Waals surface area contributed by atoms with E-state index in [1.807, 2.05) is 0 Å². The molecule has 2 aromatic carbocycles. The summed E-state index contributed by atoms with van der Waals surface area (Å²) in [5.41, 5.74) is 6.59. The Bertz CT molecular complexity index is 797. The lowest BCUT2D eigenvalue weighted by atomic mass is 10.3. The molecule has 0 saturated heterocycles. The Morgan fingerprint density at radius 2 is 1.76 bits per heavy atom. The van der Waals surface area contributed by atoms with Gasteiger partial charge in [0.1, 0.15) is 0 Å². The average Bonchev–Trinajstić information content (AvgIpc) is 2.41. The Morgan fingerprint density at radius 1 is 1.10 bits per heavy atom. The van der Waals surface area contributed by atoms with E-state index < -0.39 is 10.0 Å². The summed E-state index contributed by atoms with van der Waals surface area (Å²) in [7, 11) is -2.34. The summed E-state index contributed by atoms with van der Waals surface area (Å²) in [6.45, 7) is 0. The summed E-state index contributed by atoms with van der Waals surface area (Å²) < 4.78 is 27.1. The molecule has 0 radical (unpaired) electrons. The van der Waals surface area contributed by atoms with Crippen molar-refractivity contribution in [3.8, 4) is 0 Å². The second-order valence-electron chi connectivity index (χ2n) is 4.25. The van der Waals surface area contributed by atoms with Gasteiger partial charge in [-0.3, -0.25) is 4.31 Å². The first-order valence-electron chi connectivity index (χ1n) is 5.72. The Labute approximate surface area is 141 Å². The normalized spacial score (nSPS) is 11.4. The molecule has 0 aliphatic carbocycles. The molecule has 21 heavy (non-hydrogen) atoms. The van der Waals surface area contributed by atoms with E-state index in [1.54, 1.807) is 18.2 Å². The van der Waals surface area contributed by atoms with E-state index in [0.29, 0.717) is 16.4 Å². The van der Waals surface area contributed by atoms with E-state index in [0.717, 1.165) is 8.78 Å². The fourth-order valence-electron chi connectivity index (χ4n) is 1.74. The lowest BCUT2D eigenvalue weighted by Crippen LogP contribution is -2.27. The minimum Gasteiger partial charge on any atom is -0.397 e. The van der Waals surface area contributed by atoms with Crippen LogP contribution in [0.4, 0.5) is 11.4 Å². The number of hydrogen-bond acceptors (Lipinski definition) is 3. The van der Waals surface area contributed by atoms with Gasteiger partial charge in [-0.05, 0) is 36.4 Å². The third kappa shape index (κ3) is 3.29. The molecule has 0 unspecified atom stereocenters. The molecule has 2 aromatic rings. The largest absolute Gasteiger partial charge is 0.397 e. The number of benzene rings is 2. The topological polar surface area (TPSA) is 63.4 Å². The van der Waals surface area contributed by atoms with Crippen molar-refractivity contribution in [3.05, 3.63) is 50.9 Å². The first-order chi connectivity index (χ1) is 9.73. The van der Waals surface area contributed by atoms with Gasteiger partial charge in [-0.1, -0.05) is 39.1 Å². The van der Waals surface area contributed by atoms with Crippen LogP contribution >= 0.6 is 39.1 Å². The molecule has 4 nitrogen and oxygen atoms in total. The maximum absolute atomic E-state index is 12.6. The summed E-state index contributed by atoms with van der Waals surface area (Å²) in [5.74, 6) is 0. The highest BCUT2D eigenvalue weighted by atomic mass is 79.9. The molecule has 0 fully saturated rings. The van der Waals surface area contributed by atoms with E-state index >= 15 is 0 Å². The minimum atomic E-state index is -3.77. The molecule has 0 bridgehead atoms. The molecule has 0 aliphatic rings. The van der Waals surface area contributed by atoms with Crippen molar-refractivity contribution in [2.75, 3.05) is 17.1 Å². The first-order valence-corrected chi connectivity index (χ1v) is 8.71. The fraction of sp³-hybridized carbons (Fsp3) is 0.0769. The molecule has 2 N–H and O–H groups in total. The van der Waals surface area contributed by atoms with Crippen LogP contribution < -0.4 is 10.0 Å². The molecule has 0 aromatic heterocycles. The van der Waals surface area contributed by atoms with Gasteiger partial charge in [0.15, 0.2) is 0 Å². The van der Waals surface area contributed by atoms with Crippen molar-refractivity contribution in [1.29, 1.82) is 0 Å². The van der Waals surface area contributed by atoms with E-state index in [1.165, 1.54) is 25.2 Å². The summed E-state index contributed by atoms with van der Waals surface area (Å²) in [6.07, 6.45) is 0. The summed E-state index contributed by atoms with van der Waals surface area (Å²) in [6, 6.07) is 9.12. The summed E-state index contributed by atoms with van der Waals surface area (Å²) in [5, 5.41) is 0.469. The smallest absolute Gasteiger partial charge is 0.264 e. The highest BCUT2D eigenvalue weighted by molar-refractivity contribution is 9.10. The van der Waals surface area contributed by atoms with Gasteiger partial charge >= 0.3 is 0 Å². The molecular weight excluding hydrogens is 399 g/mol. The monoisotopic (exact) mass is 408 g/mol. The quantitative estimate of drug-likeness (QED) is 0.774. The van der Waals surface area contributed by atoms with Crippen LogP contribution in [0.3, 0.4) is 0 Å². The number of nitrogen functional groups attached to an aromatic ring is 1. The van der Waals surface area contributed by atoms with Gasteiger partial charge in [0.2, 0.25) is 0 Å². The van der Waals surface area contributed by atoms with Gasteiger partial charge < -0.3 is 5.73 Å². The van der Waals surface area contributed by atoms with Crippen molar-refractivity contribution in [1.82, 2.24) is 0 Å². The van der Waals surface area contributed by atoms with Crippen LogP contribution in [-0.4, -0.2) is 15.5 Å². The fourth-order valence-corrected chi connectivity index (χ4v) is 3.73. The molecule has 8 heteroatoms. The van der Waals surface area contributed by atoms with Crippen molar-refractivity contribution in [2.45, 2.75) is 4.90 Å². The molecule has 0 amide bonds. The average molecular weight is 410 g/mol.